The first-order valence-corrected chi connectivity index (χ1v) is 6.76. The van der Waals surface area contributed by atoms with Gasteiger partial charge in [-0.3, -0.25) is 0 Å². The van der Waals surface area contributed by atoms with Crippen LogP contribution in [0.4, 0.5) is 5.82 Å². The van der Waals surface area contributed by atoms with Crippen LogP contribution in [-0.4, -0.2) is 40.4 Å². The maximum absolute atomic E-state index is 5.57. The Bertz CT molecular complexity index is 547. The maximum Gasteiger partial charge on any atom is 0.153 e. The fraction of sp³-hybridized carbons (Fsp3) is 0.538. The quantitative estimate of drug-likeness (QED) is 0.833. The molecule has 102 valence electrons. The number of nitrogens with two attached hydrogens (primary N) is 1. The van der Waals surface area contributed by atoms with Crippen molar-refractivity contribution in [2.24, 2.45) is 5.73 Å². The van der Waals surface area contributed by atoms with E-state index in [-0.39, 0.29) is 0 Å². The van der Waals surface area contributed by atoms with Crippen LogP contribution < -0.4 is 11.1 Å². The van der Waals surface area contributed by atoms with Crippen molar-refractivity contribution in [2.45, 2.75) is 25.4 Å². The van der Waals surface area contributed by atoms with Gasteiger partial charge in [0, 0.05) is 19.6 Å². The van der Waals surface area contributed by atoms with E-state index in [0.717, 1.165) is 49.6 Å². The zero-order chi connectivity index (χ0) is 13.1. The van der Waals surface area contributed by atoms with Gasteiger partial charge in [0.25, 0.3) is 0 Å². The van der Waals surface area contributed by atoms with E-state index >= 15 is 0 Å². The molecular weight excluding hydrogens is 242 g/mol. The number of hydrogen-bond acceptors (Lipinski definition) is 5. The highest BCUT2D eigenvalue weighted by molar-refractivity contribution is 5.45. The molecule has 3 heterocycles. The van der Waals surface area contributed by atoms with Crippen LogP contribution in [0, 0.1) is 0 Å². The van der Waals surface area contributed by atoms with Crippen LogP contribution in [0.15, 0.2) is 18.3 Å². The van der Waals surface area contributed by atoms with Gasteiger partial charge in [-0.25, -0.2) is 9.50 Å². The molecule has 0 amide bonds. The van der Waals surface area contributed by atoms with Gasteiger partial charge in [0.1, 0.15) is 5.82 Å². The second kappa shape index (κ2) is 5.54. The molecule has 6 heteroatoms. The maximum atomic E-state index is 5.57. The van der Waals surface area contributed by atoms with Crippen molar-refractivity contribution >= 4 is 11.5 Å². The molecular formula is C13H19N5O. The number of rotatable bonds is 5. The smallest absolute Gasteiger partial charge is 0.153 e. The zero-order valence-corrected chi connectivity index (χ0v) is 10.9. The zero-order valence-electron chi connectivity index (χ0n) is 10.9. The van der Waals surface area contributed by atoms with E-state index in [0.29, 0.717) is 12.6 Å². The first-order valence-electron chi connectivity index (χ1n) is 6.76. The average Bonchev–Trinajstić information content (AvgIpc) is 3.05. The van der Waals surface area contributed by atoms with Crippen LogP contribution in [0.25, 0.3) is 5.65 Å². The third kappa shape index (κ3) is 2.85. The van der Waals surface area contributed by atoms with E-state index in [4.69, 9.17) is 10.5 Å². The van der Waals surface area contributed by atoms with Crippen molar-refractivity contribution < 1.29 is 4.74 Å². The van der Waals surface area contributed by atoms with Gasteiger partial charge in [0.05, 0.1) is 18.0 Å². The highest BCUT2D eigenvalue weighted by Gasteiger charge is 2.15. The molecule has 0 aromatic carbocycles. The lowest BCUT2D eigenvalue weighted by molar-refractivity contribution is 0.120. The summed E-state index contributed by atoms with van der Waals surface area (Å²) in [6.45, 7) is 2.29. The predicted octanol–water partition coefficient (Wildman–Crippen LogP) is 0.821. The lowest BCUT2D eigenvalue weighted by Gasteiger charge is -2.10. The van der Waals surface area contributed by atoms with Crippen LogP contribution in [0.1, 0.15) is 18.5 Å². The third-order valence-electron chi connectivity index (χ3n) is 3.31. The Morgan fingerprint density at radius 2 is 2.42 bits per heavy atom. The number of imidazole rings is 1. The average molecular weight is 261 g/mol. The molecule has 3 rings (SSSR count). The largest absolute Gasteiger partial charge is 0.376 e. The van der Waals surface area contributed by atoms with E-state index in [9.17, 15) is 0 Å². The van der Waals surface area contributed by atoms with Crippen molar-refractivity contribution in [3.63, 3.8) is 0 Å². The molecule has 1 saturated heterocycles. The number of hydrogen-bond donors (Lipinski definition) is 2. The van der Waals surface area contributed by atoms with E-state index in [2.05, 4.69) is 15.4 Å². The minimum atomic E-state index is 0.313. The molecule has 19 heavy (non-hydrogen) atoms. The molecule has 6 nitrogen and oxygen atoms in total. The summed E-state index contributed by atoms with van der Waals surface area (Å²) in [5, 5.41) is 7.80. The molecule has 1 aliphatic heterocycles. The van der Waals surface area contributed by atoms with Crippen LogP contribution in [0.2, 0.25) is 0 Å². The Labute approximate surface area is 112 Å². The highest BCUT2D eigenvalue weighted by atomic mass is 16.5. The van der Waals surface area contributed by atoms with Crippen molar-refractivity contribution in [3.8, 4) is 0 Å². The van der Waals surface area contributed by atoms with Gasteiger partial charge in [-0.15, -0.1) is 5.10 Å². The summed E-state index contributed by atoms with van der Waals surface area (Å²) < 4.78 is 7.37. The van der Waals surface area contributed by atoms with Crippen molar-refractivity contribution in [2.75, 3.05) is 25.0 Å². The second-order valence-corrected chi connectivity index (χ2v) is 4.81. The normalized spacial score (nSPS) is 19.1. The molecule has 0 aliphatic carbocycles. The number of ether oxygens (including phenoxy) is 1. The number of fused-ring (bicyclic) bond motifs is 1. The fourth-order valence-electron chi connectivity index (χ4n) is 2.32. The Hall–Kier alpha value is -1.66. The second-order valence-electron chi connectivity index (χ2n) is 4.81. The summed E-state index contributed by atoms with van der Waals surface area (Å²) in [5.74, 6) is 0.847. The fourth-order valence-corrected chi connectivity index (χ4v) is 2.32. The van der Waals surface area contributed by atoms with Crippen LogP contribution in [0.3, 0.4) is 0 Å². The highest BCUT2D eigenvalue weighted by Crippen LogP contribution is 2.13. The van der Waals surface area contributed by atoms with E-state index < -0.39 is 0 Å². The number of nitrogens with one attached hydrogen (secondary N) is 1. The summed E-state index contributed by atoms with van der Waals surface area (Å²) in [4.78, 5) is 4.45. The van der Waals surface area contributed by atoms with Crippen LogP contribution in [-0.2, 0) is 11.2 Å². The number of aromatic nitrogens is 3. The van der Waals surface area contributed by atoms with Gasteiger partial charge in [0.2, 0.25) is 0 Å². The summed E-state index contributed by atoms with van der Waals surface area (Å²) in [6, 6.07) is 3.91. The van der Waals surface area contributed by atoms with Crippen LogP contribution in [0.5, 0.6) is 0 Å². The van der Waals surface area contributed by atoms with Crippen LogP contribution >= 0.6 is 0 Å². The minimum Gasteiger partial charge on any atom is -0.376 e. The molecule has 3 N–H and O–H groups in total. The Morgan fingerprint density at radius 1 is 1.47 bits per heavy atom. The summed E-state index contributed by atoms with van der Waals surface area (Å²) in [5.41, 5.74) is 7.36. The van der Waals surface area contributed by atoms with E-state index in [1.807, 2.05) is 18.3 Å². The van der Waals surface area contributed by atoms with Gasteiger partial charge in [-0.2, -0.15) is 0 Å². The minimum absolute atomic E-state index is 0.313. The van der Waals surface area contributed by atoms with Crippen molar-refractivity contribution in [1.82, 2.24) is 14.6 Å². The topological polar surface area (TPSA) is 77.5 Å². The van der Waals surface area contributed by atoms with Gasteiger partial charge < -0.3 is 15.8 Å². The van der Waals surface area contributed by atoms with Gasteiger partial charge in [0.15, 0.2) is 5.65 Å². The first kappa shape index (κ1) is 12.4. The Balaban J connectivity index is 1.69. The molecule has 0 radical (unpaired) electrons. The lowest BCUT2D eigenvalue weighted by Crippen LogP contribution is -2.19. The SMILES string of the molecule is NCCc1cn2nc(NCC3CCCO3)ccc2n1. The Kier molecular flexibility index (Phi) is 3.61. The van der Waals surface area contributed by atoms with Gasteiger partial charge in [-0.1, -0.05) is 0 Å². The van der Waals surface area contributed by atoms with E-state index in [1.54, 1.807) is 4.52 Å². The molecule has 0 saturated carbocycles. The Morgan fingerprint density at radius 3 is 3.21 bits per heavy atom. The van der Waals surface area contributed by atoms with E-state index in [1.165, 1.54) is 0 Å². The molecule has 1 atom stereocenters. The molecule has 2 aromatic heterocycles. The molecule has 1 fully saturated rings. The lowest BCUT2D eigenvalue weighted by atomic mass is 10.2. The number of nitrogens with zero attached hydrogens (tertiary/aromatic N) is 3. The standard InChI is InChI=1S/C13H19N5O/c14-6-5-10-9-18-13(16-10)4-3-12(17-18)15-8-11-2-1-7-19-11/h3-4,9,11H,1-2,5-8,14H2,(H,15,17). The molecule has 1 aliphatic rings. The molecule has 0 bridgehead atoms. The molecule has 1 unspecified atom stereocenters. The third-order valence-corrected chi connectivity index (χ3v) is 3.31. The van der Waals surface area contributed by atoms with Crippen molar-refractivity contribution in [3.05, 3.63) is 24.0 Å². The summed E-state index contributed by atoms with van der Waals surface area (Å²) in [7, 11) is 0. The van der Waals surface area contributed by atoms with Crippen molar-refractivity contribution in [1.29, 1.82) is 0 Å². The monoisotopic (exact) mass is 261 g/mol. The molecule has 2 aromatic rings. The van der Waals surface area contributed by atoms with Gasteiger partial charge >= 0.3 is 0 Å². The first-order chi connectivity index (χ1) is 9.35. The number of anilines is 1. The molecule has 0 spiro atoms. The van der Waals surface area contributed by atoms with Gasteiger partial charge in [-0.05, 0) is 31.5 Å². The predicted molar refractivity (Wildman–Crippen MR) is 73.2 cm³/mol. The summed E-state index contributed by atoms with van der Waals surface area (Å²) >= 11 is 0. The summed E-state index contributed by atoms with van der Waals surface area (Å²) in [6.07, 6.45) is 5.30.